The van der Waals surface area contributed by atoms with E-state index in [1.807, 2.05) is 6.92 Å². The van der Waals surface area contributed by atoms with Crippen molar-refractivity contribution in [3.8, 4) is 23.0 Å². The minimum absolute atomic E-state index is 0.0531. The summed E-state index contributed by atoms with van der Waals surface area (Å²) in [5.74, 6) is -0.642. The average Bonchev–Trinajstić information content (AvgIpc) is 2.77. The molecule has 0 saturated carbocycles. The third-order valence-corrected chi connectivity index (χ3v) is 4.11. The third kappa shape index (κ3) is 6.73. The molecule has 0 aliphatic carbocycles. The van der Waals surface area contributed by atoms with Crippen LogP contribution in [0, 0.1) is 0 Å². The molecule has 8 nitrogen and oxygen atoms in total. The highest BCUT2D eigenvalue weighted by atomic mass is 19.3. The van der Waals surface area contributed by atoms with Gasteiger partial charge in [-0.25, -0.2) is 0 Å². The second kappa shape index (κ2) is 11.6. The van der Waals surface area contributed by atoms with Crippen LogP contribution in [0.1, 0.15) is 40.5 Å². The summed E-state index contributed by atoms with van der Waals surface area (Å²) in [5, 5.41) is 0. The Kier molecular flexibility index (Phi) is 8.86. The van der Waals surface area contributed by atoms with Crippen LogP contribution in [0.2, 0.25) is 0 Å². The van der Waals surface area contributed by atoms with E-state index in [9.17, 15) is 18.4 Å². The van der Waals surface area contributed by atoms with Crippen LogP contribution in [-0.4, -0.2) is 39.3 Å². The first kappa shape index (κ1) is 23.7. The van der Waals surface area contributed by atoms with Gasteiger partial charge in [0, 0.05) is 11.1 Å². The molecule has 2 aromatic carbocycles. The van der Waals surface area contributed by atoms with Gasteiger partial charge in [-0.1, -0.05) is 13.3 Å². The van der Waals surface area contributed by atoms with Crippen molar-refractivity contribution in [2.24, 2.45) is 0 Å². The van der Waals surface area contributed by atoms with Crippen LogP contribution in [0.4, 0.5) is 8.78 Å². The van der Waals surface area contributed by atoms with Crippen LogP contribution >= 0.6 is 0 Å². The van der Waals surface area contributed by atoms with Gasteiger partial charge in [-0.3, -0.25) is 20.4 Å². The number of ether oxygens (including phenoxy) is 4. The van der Waals surface area contributed by atoms with E-state index in [0.717, 1.165) is 12.8 Å². The highest BCUT2D eigenvalue weighted by molar-refractivity contribution is 5.99. The molecule has 2 aromatic rings. The largest absolute Gasteiger partial charge is 0.493 e. The van der Waals surface area contributed by atoms with Crippen LogP contribution in [0.3, 0.4) is 0 Å². The first-order valence-corrected chi connectivity index (χ1v) is 9.44. The molecule has 31 heavy (non-hydrogen) atoms. The summed E-state index contributed by atoms with van der Waals surface area (Å²) < 4.78 is 44.9. The molecule has 0 radical (unpaired) electrons. The van der Waals surface area contributed by atoms with Gasteiger partial charge in [-0.15, -0.1) is 0 Å². The molecule has 0 saturated heterocycles. The standard InChI is InChI=1S/C21H24F2N2O6/c1-4-5-10-30-15-8-6-13(11-17(15)28-2)19(26)24-25-20(27)14-7-9-16(31-21(22)23)18(12-14)29-3/h6-9,11-12,21H,4-5,10H2,1-3H3,(H,24,26)(H,25,27). The van der Waals surface area contributed by atoms with Gasteiger partial charge in [-0.2, -0.15) is 8.78 Å². The summed E-state index contributed by atoms with van der Waals surface area (Å²) >= 11 is 0. The lowest BCUT2D eigenvalue weighted by Crippen LogP contribution is -2.41. The fourth-order valence-electron chi connectivity index (χ4n) is 2.51. The summed E-state index contributed by atoms with van der Waals surface area (Å²) in [5.41, 5.74) is 4.83. The van der Waals surface area contributed by atoms with Gasteiger partial charge in [-0.05, 0) is 42.8 Å². The number of halogens is 2. The average molecular weight is 438 g/mol. The predicted octanol–water partition coefficient (Wildman–Crippen LogP) is 3.56. The van der Waals surface area contributed by atoms with Gasteiger partial charge < -0.3 is 18.9 Å². The molecule has 0 bridgehead atoms. The molecule has 0 heterocycles. The van der Waals surface area contributed by atoms with Crippen molar-refractivity contribution in [1.29, 1.82) is 0 Å². The zero-order chi connectivity index (χ0) is 22.8. The highest BCUT2D eigenvalue weighted by Gasteiger charge is 2.16. The molecule has 0 unspecified atom stereocenters. The summed E-state index contributed by atoms with van der Waals surface area (Å²) in [4.78, 5) is 24.7. The fraction of sp³-hybridized carbons (Fsp3) is 0.333. The smallest absolute Gasteiger partial charge is 0.387 e. The number of hydrogen-bond donors (Lipinski definition) is 2. The number of carbonyl (C=O) groups is 2. The monoisotopic (exact) mass is 438 g/mol. The normalized spacial score (nSPS) is 10.4. The van der Waals surface area contributed by atoms with Gasteiger partial charge >= 0.3 is 6.61 Å². The van der Waals surface area contributed by atoms with Gasteiger partial charge in [0.05, 0.1) is 20.8 Å². The van der Waals surface area contributed by atoms with Crippen molar-refractivity contribution in [2.75, 3.05) is 20.8 Å². The number of hydrogen-bond acceptors (Lipinski definition) is 6. The zero-order valence-electron chi connectivity index (χ0n) is 17.4. The molecule has 0 aliphatic rings. The van der Waals surface area contributed by atoms with E-state index < -0.39 is 18.4 Å². The first-order valence-electron chi connectivity index (χ1n) is 9.44. The second-order valence-corrected chi connectivity index (χ2v) is 6.22. The van der Waals surface area contributed by atoms with Gasteiger partial charge in [0.1, 0.15) is 0 Å². The summed E-state index contributed by atoms with van der Waals surface area (Å²) in [6.45, 7) is -0.462. The van der Waals surface area contributed by atoms with Crippen LogP contribution < -0.4 is 29.8 Å². The van der Waals surface area contributed by atoms with Gasteiger partial charge in [0.25, 0.3) is 11.8 Å². The number of benzene rings is 2. The SMILES string of the molecule is CCCCOc1ccc(C(=O)NNC(=O)c2ccc(OC(F)F)c(OC)c2)cc1OC. The Morgan fingerprint density at radius 3 is 1.87 bits per heavy atom. The lowest BCUT2D eigenvalue weighted by molar-refractivity contribution is -0.0512. The van der Waals surface area contributed by atoms with Crippen LogP contribution in [0.15, 0.2) is 36.4 Å². The highest BCUT2D eigenvalue weighted by Crippen LogP contribution is 2.30. The Bertz CT molecular complexity index is 907. The molecule has 168 valence electrons. The fourth-order valence-corrected chi connectivity index (χ4v) is 2.51. The molecule has 0 atom stereocenters. The molecule has 2 N–H and O–H groups in total. The number of methoxy groups -OCH3 is 2. The Labute approximate surface area is 178 Å². The molecule has 0 spiro atoms. The van der Waals surface area contributed by atoms with Crippen molar-refractivity contribution in [3.05, 3.63) is 47.5 Å². The molecular formula is C21H24F2N2O6. The molecule has 2 amide bonds. The molecular weight excluding hydrogens is 414 g/mol. The molecule has 10 heteroatoms. The van der Waals surface area contributed by atoms with Crippen LogP contribution in [-0.2, 0) is 0 Å². The van der Waals surface area contributed by atoms with E-state index in [0.29, 0.717) is 18.1 Å². The lowest BCUT2D eigenvalue weighted by atomic mass is 10.2. The van der Waals surface area contributed by atoms with E-state index in [1.54, 1.807) is 6.07 Å². The topological polar surface area (TPSA) is 95.1 Å². The van der Waals surface area contributed by atoms with E-state index in [-0.39, 0.29) is 22.6 Å². The Morgan fingerprint density at radius 1 is 0.871 bits per heavy atom. The van der Waals surface area contributed by atoms with Crippen molar-refractivity contribution in [1.82, 2.24) is 10.9 Å². The maximum Gasteiger partial charge on any atom is 0.387 e. The number of rotatable bonds is 10. The minimum atomic E-state index is -3.03. The molecule has 0 aliphatic heterocycles. The van der Waals surface area contributed by atoms with Crippen molar-refractivity contribution in [3.63, 3.8) is 0 Å². The number of unbranched alkanes of at least 4 members (excludes halogenated alkanes) is 1. The number of carbonyl (C=O) groups excluding carboxylic acids is 2. The zero-order valence-corrected chi connectivity index (χ0v) is 17.4. The third-order valence-electron chi connectivity index (χ3n) is 4.11. The molecule has 0 aromatic heterocycles. The Balaban J connectivity index is 2.02. The summed E-state index contributed by atoms with van der Waals surface area (Å²) in [6, 6.07) is 8.27. The van der Waals surface area contributed by atoms with E-state index in [1.165, 1.54) is 44.6 Å². The van der Waals surface area contributed by atoms with Crippen LogP contribution in [0.5, 0.6) is 23.0 Å². The first-order chi connectivity index (χ1) is 14.9. The maximum atomic E-state index is 12.4. The van der Waals surface area contributed by atoms with Crippen molar-refractivity contribution < 1.29 is 37.3 Å². The molecule has 0 fully saturated rings. The predicted molar refractivity (Wildman–Crippen MR) is 108 cm³/mol. The van der Waals surface area contributed by atoms with E-state index in [4.69, 9.17) is 14.2 Å². The van der Waals surface area contributed by atoms with E-state index in [2.05, 4.69) is 15.6 Å². The van der Waals surface area contributed by atoms with Crippen molar-refractivity contribution in [2.45, 2.75) is 26.4 Å². The summed E-state index contributed by atoms with van der Waals surface area (Å²) in [6.07, 6.45) is 1.87. The minimum Gasteiger partial charge on any atom is -0.493 e. The number of nitrogens with one attached hydrogen (secondary N) is 2. The maximum absolute atomic E-state index is 12.4. The Morgan fingerprint density at radius 2 is 1.39 bits per heavy atom. The number of amides is 2. The quantitative estimate of drug-likeness (QED) is 0.435. The van der Waals surface area contributed by atoms with Gasteiger partial charge in [0.2, 0.25) is 0 Å². The number of alkyl halides is 2. The number of hydrazine groups is 1. The Hall–Kier alpha value is -3.56. The lowest BCUT2D eigenvalue weighted by Gasteiger charge is -2.13. The van der Waals surface area contributed by atoms with E-state index >= 15 is 0 Å². The second-order valence-electron chi connectivity index (χ2n) is 6.22. The summed E-state index contributed by atoms with van der Waals surface area (Å²) in [7, 11) is 2.71. The van der Waals surface area contributed by atoms with Gasteiger partial charge in [0.15, 0.2) is 23.0 Å². The van der Waals surface area contributed by atoms with Crippen molar-refractivity contribution >= 4 is 11.8 Å². The van der Waals surface area contributed by atoms with Crippen LogP contribution in [0.25, 0.3) is 0 Å². The molecule has 2 rings (SSSR count).